The fraction of sp³-hybridized carbons (Fsp3) is 0.250. The second-order valence-electron chi connectivity index (χ2n) is 3.19. The zero-order chi connectivity index (χ0) is 10.5. The van der Waals surface area contributed by atoms with Crippen LogP contribution in [0.5, 0.6) is 5.75 Å². The first kappa shape index (κ1) is 10.2. The summed E-state index contributed by atoms with van der Waals surface area (Å²) in [5.74, 6) is 0.894. The molecule has 0 atom stereocenters. The highest BCUT2D eigenvalue weighted by Crippen LogP contribution is 2.14. The second kappa shape index (κ2) is 4.94. The van der Waals surface area contributed by atoms with Crippen molar-refractivity contribution in [1.82, 2.24) is 4.98 Å². The molecule has 0 fully saturated rings. The summed E-state index contributed by atoms with van der Waals surface area (Å²) in [5.41, 5.74) is 1.15. The fourth-order valence-electron chi connectivity index (χ4n) is 1.24. The molecule has 2 aromatic rings. The van der Waals surface area contributed by atoms with Crippen molar-refractivity contribution in [2.24, 2.45) is 0 Å². The monoisotopic (exact) mass is 219 g/mol. The van der Waals surface area contributed by atoms with Crippen LogP contribution < -0.4 is 4.74 Å². The van der Waals surface area contributed by atoms with Gasteiger partial charge in [-0.1, -0.05) is 25.1 Å². The van der Waals surface area contributed by atoms with E-state index in [-0.39, 0.29) is 0 Å². The zero-order valence-electron chi connectivity index (χ0n) is 8.64. The predicted octanol–water partition coefficient (Wildman–Crippen LogP) is 3.28. The number of nitrogens with zero attached hydrogens (tertiary/aromatic N) is 1. The van der Waals surface area contributed by atoms with E-state index in [0.29, 0.717) is 6.61 Å². The molecule has 0 unspecified atom stereocenters. The van der Waals surface area contributed by atoms with Crippen LogP contribution in [0.25, 0.3) is 0 Å². The summed E-state index contributed by atoms with van der Waals surface area (Å²) in [6.45, 7) is 2.67. The Morgan fingerprint density at radius 3 is 2.73 bits per heavy atom. The zero-order valence-corrected chi connectivity index (χ0v) is 9.46. The van der Waals surface area contributed by atoms with Crippen molar-refractivity contribution < 1.29 is 4.74 Å². The van der Waals surface area contributed by atoms with Crippen LogP contribution in [-0.2, 0) is 13.0 Å². The standard InChI is InChI=1S/C12H13NOS/c1-2-10-9-15-12(13-10)8-14-11-6-4-3-5-7-11/h3-7,9H,2,8H2,1H3. The van der Waals surface area contributed by atoms with Gasteiger partial charge in [-0.15, -0.1) is 11.3 Å². The van der Waals surface area contributed by atoms with Crippen LogP contribution in [0.3, 0.4) is 0 Å². The second-order valence-corrected chi connectivity index (χ2v) is 4.13. The Labute approximate surface area is 93.6 Å². The Morgan fingerprint density at radius 2 is 2.07 bits per heavy atom. The third-order valence-corrected chi connectivity index (χ3v) is 2.94. The first-order chi connectivity index (χ1) is 7.38. The van der Waals surface area contributed by atoms with Crippen LogP contribution in [0.1, 0.15) is 17.6 Å². The number of ether oxygens (including phenoxy) is 1. The summed E-state index contributed by atoms with van der Waals surface area (Å²) < 4.78 is 5.60. The molecule has 78 valence electrons. The molecule has 0 saturated carbocycles. The molecule has 0 aliphatic rings. The van der Waals surface area contributed by atoms with Gasteiger partial charge in [-0.2, -0.15) is 0 Å². The number of hydrogen-bond acceptors (Lipinski definition) is 3. The maximum Gasteiger partial charge on any atom is 0.140 e. The van der Waals surface area contributed by atoms with Gasteiger partial charge in [0.15, 0.2) is 0 Å². The minimum absolute atomic E-state index is 0.564. The van der Waals surface area contributed by atoms with E-state index in [4.69, 9.17) is 4.74 Å². The fourth-order valence-corrected chi connectivity index (χ4v) is 2.03. The highest BCUT2D eigenvalue weighted by Gasteiger charge is 2.00. The van der Waals surface area contributed by atoms with Gasteiger partial charge in [0, 0.05) is 5.38 Å². The topological polar surface area (TPSA) is 22.1 Å². The molecule has 2 rings (SSSR count). The Morgan fingerprint density at radius 1 is 1.27 bits per heavy atom. The molecule has 1 aromatic carbocycles. The van der Waals surface area contributed by atoms with Gasteiger partial charge in [-0.25, -0.2) is 4.98 Å². The predicted molar refractivity (Wildman–Crippen MR) is 62.3 cm³/mol. The minimum Gasteiger partial charge on any atom is -0.486 e. The van der Waals surface area contributed by atoms with Crippen molar-refractivity contribution in [2.45, 2.75) is 20.0 Å². The smallest absolute Gasteiger partial charge is 0.140 e. The van der Waals surface area contributed by atoms with E-state index in [1.54, 1.807) is 11.3 Å². The van der Waals surface area contributed by atoms with E-state index in [0.717, 1.165) is 22.9 Å². The van der Waals surface area contributed by atoms with Crippen molar-refractivity contribution in [3.8, 4) is 5.75 Å². The van der Waals surface area contributed by atoms with Gasteiger partial charge in [-0.3, -0.25) is 0 Å². The van der Waals surface area contributed by atoms with Gasteiger partial charge < -0.3 is 4.74 Å². The quantitative estimate of drug-likeness (QED) is 0.787. The van der Waals surface area contributed by atoms with Crippen molar-refractivity contribution in [3.63, 3.8) is 0 Å². The van der Waals surface area contributed by atoms with E-state index in [1.165, 1.54) is 0 Å². The van der Waals surface area contributed by atoms with Gasteiger partial charge in [0.05, 0.1) is 5.69 Å². The molecule has 0 radical (unpaired) electrons. The number of aryl methyl sites for hydroxylation is 1. The molecule has 0 saturated heterocycles. The van der Waals surface area contributed by atoms with Gasteiger partial charge >= 0.3 is 0 Å². The summed E-state index contributed by atoms with van der Waals surface area (Å²) in [7, 11) is 0. The summed E-state index contributed by atoms with van der Waals surface area (Å²) in [4.78, 5) is 4.44. The molecule has 0 bridgehead atoms. The van der Waals surface area contributed by atoms with E-state index >= 15 is 0 Å². The highest BCUT2D eigenvalue weighted by atomic mass is 32.1. The minimum atomic E-state index is 0.564. The van der Waals surface area contributed by atoms with Gasteiger partial charge in [-0.05, 0) is 18.6 Å². The first-order valence-corrected chi connectivity index (χ1v) is 5.87. The third-order valence-electron chi connectivity index (χ3n) is 2.07. The van der Waals surface area contributed by atoms with Gasteiger partial charge in [0.25, 0.3) is 0 Å². The van der Waals surface area contributed by atoms with Crippen LogP contribution in [0.2, 0.25) is 0 Å². The highest BCUT2D eigenvalue weighted by molar-refractivity contribution is 7.09. The molecule has 1 aromatic heterocycles. The van der Waals surface area contributed by atoms with Crippen molar-refractivity contribution in [2.75, 3.05) is 0 Å². The van der Waals surface area contributed by atoms with Crippen LogP contribution in [0.4, 0.5) is 0 Å². The first-order valence-electron chi connectivity index (χ1n) is 4.99. The number of rotatable bonds is 4. The van der Waals surface area contributed by atoms with E-state index < -0.39 is 0 Å². The maximum absolute atomic E-state index is 5.60. The van der Waals surface area contributed by atoms with Crippen LogP contribution in [-0.4, -0.2) is 4.98 Å². The van der Waals surface area contributed by atoms with Gasteiger partial charge in [0.1, 0.15) is 17.4 Å². The molecule has 0 aliphatic heterocycles. The van der Waals surface area contributed by atoms with Crippen LogP contribution >= 0.6 is 11.3 Å². The number of para-hydroxylation sites is 1. The molecule has 0 aliphatic carbocycles. The van der Waals surface area contributed by atoms with Crippen molar-refractivity contribution >= 4 is 11.3 Å². The maximum atomic E-state index is 5.60. The summed E-state index contributed by atoms with van der Waals surface area (Å²) in [6.07, 6.45) is 0.988. The lowest BCUT2D eigenvalue weighted by Gasteiger charge is -2.02. The average Bonchev–Trinajstić information content (AvgIpc) is 2.76. The Bertz CT molecular complexity index is 411. The summed E-state index contributed by atoms with van der Waals surface area (Å²) >= 11 is 1.66. The third kappa shape index (κ3) is 2.80. The number of thiazole rings is 1. The van der Waals surface area contributed by atoms with E-state index in [9.17, 15) is 0 Å². The largest absolute Gasteiger partial charge is 0.486 e. The molecule has 3 heteroatoms. The Balaban J connectivity index is 1.93. The molecule has 0 N–H and O–H groups in total. The van der Waals surface area contributed by atoms with Crippen LogP contribution in [0.15, 0.2) is 35.7 Å². The molecule has 0 amide bonds. The lowest BCUT2D eigenvalue weighted by molar-refractivity contribution is 0.305. The molecule has 1 heterocycles. The molecular formula is C12H13NOS. The molecule has 2 nitrogen and oxygen atoms in total. The lowest BCUT2D eigenvalue weighted by atomic mass is 10.3. The number of benzene rings is 1. The van der Waals surface area contributed by atoms with Crippen molar-refractivity contribution in [1.29, 1.82) is 0 Å². The molecule has 15 heavy (non-hydrogen) atoms. The lowest BCUT2D eigenvalue weighted by Crippen LogP contribution is -1.94. The van der Waals surface area contributed by atoms with Crippen molar-refractivity contribution in [3.05, 3.63) is 46.4 Å². The summed E-state index contributed by atoms with van der Waals surface area (Å²) in [6, 6.07) is 9.82. The molecule has 0 spiro atoms. The van der Waals surface area contributed by atoms with Crippen LogP contribution in [0, 0.1) is 0 Å². The Hall–Kier alpha value is -1.35. The number of hydrogen-bond donors (Lipinski definition) is 0. The summed E-state index contributed by atoms with van der Waals surface area (Å²) in [5, 5.41) is 3.12. The molecular weight excluding hydrogens is 206 g/mol. The van der Waals surface area contributed by atoms with E-state index in [2.05, 4.69) is 17.3 Å². The number of aromatic nitrogens is 1. The van der Waals surface area contributed by atoms with Gasteiger partial charge in [0.2, 0.25) is 0 Å². The Kier molecular flexibility index (Phi) is 3.35. The van der Waals surface area contributed by atoms with E-state index in [1.807, 2.05) is 30.3 Å². The average molecular weight is 219 g/mol. The SMILES string of the molecule is CCc1csc(COc2ccccc2)n1. The normalized spacial score (nSPS) is 10.2.